The van der Waals surface area contributed by atoms with Gasteiger partial charge in [0.15, 0.2) is 5.78 Å². The summed E-state index contributed by atoms with van der Waals surface area (Å²) in [5.74, 6) is 0.269. The number of ketones is 1. The number of rotatable bonds is 2. The molecule has 0 radical (unpaired) electrons. The standard InChI is InChI=1S/C19H16N4O3/c1-26-19(25)12-7-5-11(6-8-12)17-16-14(3-2-4-15(16)24)22-18-13(9-20)10-21-23(17)18/h5-8,10,17,22H,2-4H2,1H3/t17-/m1/s1. The lowest BCUT2D eigenvalue weighted by Gasteiger charge is -2.33. The van der Waals surface area contributed by atoms with E-state index in [4.69, 9.17) is 4.74 Å². The zero-order valence-electron chi connectivity index (χ0n) is 14.2. The van der Waals surface area contributed by atoms with Gasteiger partial charge in [-0.3, -0.25) is 4.79 Å². The van der Waals surface area contributed by atoms with E-state index >= 15 is 0 Å². The number of Topliss-reactive ketones (excluding diaryl/α,β-unsaturated/α-hetero) is 1. The number of carbonyl (C=O) groups excluding carboxylic acids is 2. The number of allylic oxidation sites excluding steroid dienone is 2. The number of esters is 1. The second kappa shape index (κ2) is 6.15. The minimum absolute atomic E-state index is 0.0838. The van der Waals surface area contributed by atoms with Crippen molar-refractivity contribution in [3.8, 4) is 6.07 Å². The molecule has 0 unspecified atom stereocenters. The highest BCUT2D eigenvalue weighted by molar-refractivity contribution is 5.99. The molecule has 1 aromatic carbocycles. The molecule has 0 amide bonds. The van der Waals surface area contributed by atoms with Gasteiger partial charge in [-0.25, -0.2) is 9.48 Å². The number of hydrogen-bond donors (Lipinski definition) is 1. The zero-order valence-corrected chi connectivity index (χ0v) is 14.2. The molecule has 0 saturated heterocycles. The quantitative estimate of drug-likeness (QED) is 0.838. The van der Waals surface area contributed by atoms with Crippen molar-refractivity contribution in [1.82, 2.24) is 9.78 Å². The largest absolute Gasteiger partial charge is 0.465 e. The minimum Gasteiger partial charge on any atom is -0.465 e. The van der Waals surface area contributed by atoms with Crippen molar-refractivity contribution in [3.05, 3.63) is 58.4 Å². The SMILES string of the molecule is COC(=O)c1ccc([C@@H]2C3=C(CCCC3=O)Nc3c(C#N)cnn32)cc1. The molecular formula is C19H16N4O3. The van der Waals surface area contributed by atoms with Gasteiger partial charge in [0.1, 0.15) is 23.5 Å². The molecule has 0 bridgehead atoms. The van der Waals surface area contributed by atoms with Gasteiger partial charge in [0.05, 0.1) is 18.9 Å². The second-order valence-corrected chi connectivity index (χ2v) is 6.27. The molecule has 2 heterocycles. The molecule has 1 aliphatic carbocycles. The molecule has 1 aliphatic heterocycles. The van der Waals surface area contributed by atoms with Crippen LogP contribution in [0.25, 0.3) is 0 Å². The molecule has 4 rings (SSSR count). The topological polar surface area (TPSA) is 97.0 Å². The molecule has 0 fully saturated rings. The Morgan fingerprint density at radius 3 is 2.81 bits per heavy atom. The van der Waals surface area contributed by atoms with E-state index in [-0.39, 0.29) is 5.78 Å². The molecule has 7 heteroatoms. The first-order chi connectivity index (χ1) is 12.6. The molecular weight excluding hydrogens is 332 g/mol. The van der Waals surface area contributed by atoms with Gasteiger partial charge in [0, 0.05) is 17.7 Å². The maximum atomic E-state index is 12.6. The van der Waals surface area contributed by atoms with Crippen molar-refractivity contribution < 1.29 is 14.3 Å². The van der Waals surface area contributed by atoms with E-state index < -0.39 is 12.0 Å². The monoisotopic (exact) mass is 348 g/mol. The second-order valence-electron chi connectivity index (χ2n) is 6.27. The van der Waals surface area contributed by atoms with Crippen LogP contribution < -0.4 is 5.32 Å². The highest BCUT2D eigenvalue weighted by atomic mass is 16.5. The fourth-order valence-corrected chi connectivity index (χ4v) is 3.57. The minimum atomic E-state index is -0.415. The van der Waals surface area contributed by atoms with Crippen LogP contribution in [-0.4, -0.2) is 28.6 Å². The van der Waals surface area contributed by atoms with E-state index in [0.717, 1.165) is 24.1 Å². The van der Waals surface area contributed by atoms with E-state index in [9.17, 15) is 14.9 Å². The van der Waals surface area contributed by atoms with Gasteiger partial charge < -0.3 is 10.1 Å². The van der Waals surface area contributed by atoms with E-state index in [1.54, 1.807) is 28.9 Å². The first-order valence-electron chi connectivity index (χ1n) is 8.33. The number of nitrogens with one attached hydrogen (secondary N) is 1. The molecule has 130 valence electrons. The fourth-order valence-electron chi connectivity index (χ4n) is 3.57. The molecule has 1 aromatic heterocycles. The van der Waals surface area contributed by atoms with E-state index in [0.29, 0.717) is 28.9 Å². The summed E-state index contributed by atoms with van der Waals surface area (Å²) in [4.78, 5) is 24.3. The van der Waals surface area contributed by atoms with Crippen molar-refractivity contribution in [2.45, 2.75) is 25.3 Å². The van der Waals surface area contributed by atoms with Gasteiger partial charge in [-0.1, -0.05) is 12.1 Å². The summed E-state index contributed by atoms with van der Waals surface area (Å²) in [6.45, 7) is 0. The summed E-state index contributed by atoms with van der Waals surface area (Å²) in [5, 5.41) is 16.9. The van der Waals surface area contributed by atoms with Crippen LogP contribution in [0.1, 0.15) is 46.8 Å². The Kier molecular flexibility index (Phi) is 3.81. The van der Waals surface area contributed by atoms with E-state index in [1.807, 2.05) is 0 Å². The van der Waals surface area contributed by atoms with Crippen LogP contribution in [0.3, 0.4) is 0 Å². The lowest BCUT2D eigenvalue weighted by molar-refractivity contribution is -0.116. The highest BCUT2D eigenvalue weighted by Crippen LogP contribution is 2.41. The molecule has 1 atom stereocenters. The van der Waals surface area contributed by atoms with Crippen molar-refractivity contribution in [3.63, 3.8) is 0 Å². The lowest BCUT2D eigenvalue weighted by Crippen LogP contribution is -2.31. The predicted molar refractivity (Wildman–Crippen MR) is 92.4 cm³/mol. The number of ether oxygens (including phenoxy) is 1. The maximum absolute atomic E-state index is 12.6. The number of hydrogen-bond acceptors (Lipinski definition) is 6. The number of carbonyl (C=O) groups is 2. The van der Waals surface area contributed by atoms with Crippen molar-refractivity contribution >= 4 is 17.6 Å². The van der Waals surface area contributed by atoms with Crippen LogP contribution >= 0.6 is 0 Å². The number of anilines is 1. The third-order valence-corrected chi connectivity index (χ3v) is 4.81. The van der Waals surface area contributed by atoms with E-state index in [1.165, 1.54) is 13.3 Å². The normalized spacial score (nSPS) is 18.5. The Labute approximate surface area is 149 Å². The Hall–Kier alpha value is -3.40. The Bertz CT molecular complexity index is 979. The lowest BCUT2D eigenvalue weighted by atomic mass is 9.85. The number of methoxy groups -OCH3 is 1. The third kappa shape index (κ3) is 2.39. The van der Waals surface area contributed by atoms with Crippen LogP contribution in [0.15, 0.2) is 41.7 Å². The number of aromatic nitrogens is 2. The Balaban J connectivity index is 1.85. The third-order valence-electron chi connectivity index (χ3n) is 4.81. The fraction of sp³-hybridized carbons (Fsp3) is 0.263. The van der Waals surface area contributed by atoms with Crippen LogP contribution in [0.5, 0.6) is 0 Å². The summed E-state index contributed by atoms with van der Waals surface area (Å²) < 4.78 is 6.41. The number of nitrogens with zero attached hydrogens (tertiary/aromatic N) is 3. The zero-order chi connectivity index (χ0) is 18.3. The molecule has 7 nitrogen and oxygen atoms in total. The van der Waals surface area contributed by atoms with Gasteiger partial charge in [-0.2, -0.15) is 10.4 Å². The van der Waals surface area contributed by atoms with Crippen LogP contribution in [0.2, 0.25) is 0 Å². The Morgan fingerprint density at radius 1 is 1.35 bits per heavy atom. The highest BCUT2D eigenvalue weighted by Gasteiger charge is 2.36. The molecule has 0 spiro atoms. The average Bonchev–Trinajstić information content (AvgIpc) is 3.08. The van der Waals surface area contributed by atoms with Crippen molar-refractivity contribution in [2.24, 2.45) is 0 Å². The predicted octanol–water partition coefficient (Wildman–Crippen LogP) is 2.56. The number of nitriles is 1. The molecule has 1 N–H and O–H groups in total. The van der Waals surface area contributed by atoms with Gasteiger partial charge in [-0.15, -0.1) is 0 Å². The van der Waals surface area contributed by atoms with Crippen molar-refractivity contribution in [2.75, 3.05) is 12.4 Å². The summed E-state index contributed by atoms with van der Waals surface area (Å²) in [6, 6.07) is 8.66. The number of benzene rings is 1. The van der Waals surface area contributed by atoms with E-state index in [2.05, 4.69) is 16.5 Å². The molecule has 2 aromatic rings. The van der Waals surface area contributed by atoms with Gasteiger partial charge >= 0.3 is 5.97 Å². The first-order valence-corrected chi connectivity index (χ1v) is 8.33. The van der Waals surface area contributed by atoms with Crippen molar-refractivity contribution in [1.29, 1.82) is 5.26 Å². The smallest absolute Gasteiger partial charge is 0.337 e. The average molecular weight is 348 g/mol. The van der Waals surface area contributed by atoms with Gasteiger partial charge in [0.25, 0.3) is 0 Å². The summed E-state index contributed by atoms with van der Waals surface area (Å²) in [6.07, 6.45) is 3.54. The molecule has 2 aliphatic rings. The van der Waals surface area contributed by atoms with Crippen LogP contribution in [-0.2, 0) is 9.53 Å². The summed E-state index contributed by atoms with van der Waals surface area (Å²) >= 11 is 0. The van der Waals surface area contributed by atoms with Crippen LogP contribution in [0, 0.1) is 11.3 Å². The summed E-state index contributed by atoms with van der Waals surface area (Å²) in [5.41, 5.74) is 3.24. The molecule has 26 heavy (non-hydrogen) atoms. The van der Waals surface area contributed by atoms with Crippen LogP contribution in [0.4, 0.5) is 5.82 Å². The number of fused-ring (bicyclic) bond motifs is 1. The van der Waals surface area contributed by atoms with Gasteiger partial charge in [0.2, 0.25) is 0 Å². The molecule has 0 saturated carbocycles. The van der Waals surface area contributed by atoms with Gasteiger partial charge in [-0.05, 0) is 30.5 Å². The maximum Gasteiger partial charge on any atom is 0.337 e. The summed E-state index contributed by atoms with van der Waals surface area (Å²) in [7, 11) is 1.33. The Morgan fingerprint density at radius 2 is 2.12 bits per heavy atom. The first kappa shape index (κ1) is 16.1.